The number of hydrogen-bond donors (Lipinski definition) is 0. The van der Waals surface area contributed by atoms with Crippen LogP contribution in [0.3, 0.4) is 0 Å². The van der Waals surface area contributed by atoms with Crippen molar-refractivity contribution in [1.82, 2.24) is 14.8 Å². The van der Waals surface area contributed by atoms with E-state index in [1.54, 1.807) is 0 Å². The molecule has 0 aliphatic carbocycles. The molecule has 1 aromatic heterocycles. The Morgan fingerprint density at radius 1 is 1.23 bits per heavy atom. The highest BCUT2D eigenvalue weighted by atomic mass is 79.9. The van der Waals surface area contributed by atoms with Crippen LogP contribution in [0.1, 0.15) is 32.4 Å². The van der Waals surface area contributed by atoms with Crippen molar-refractivity contribution < 1.29 is 0 Å². The maximum atomic E-state index is 3.92. The highest BCUT2D eigenvalue weighted by Crippen LogP contribution is 2.08. The van der Waals surface area contributed by atoms with Gasteiger partial charge < -0.3 is 0 Å². The van der Waals surface area contributed by atoms with Crippen molar-refractivity contribution in [2.24, 2.45) is 0 Å². The number of allylic oxidation sites excluding steroid dienone is 1. The molecule has 74 valence electrons. The first-order valence-corrected chi connectivity index (χ1v) is 5.12. The fourth-order valence-electron chi connectivity index (χ4n) is 0.840. The van der Waals surface area contributed by atoms with Gasteiger partial charge in [0.15, 0.2) is 0 Å². The Morgan fingerprint density at radius 3 is 1.92 bits per heavy atom. The Bertz CT molecular complexity index is 266. The van der Waals surface area contributed by atoms with Crippen molar-refractivity contribution in [1.29, 1.82) is 0 Å². The lowest BCUT2D eigenvalue weighted by Crippen LogP contribution is -1.92. The lowest BCUT2D eigenvalue weighted by Gasteiger charge is -1.97. The van der Waals surface area contributed by atoms with Gasteiger partial charge in [-0.3, -0.25) is 4.57 Å². The number of halogens is 1. The molecule has 1 heterocycles. The molecule has 0 spiro atoms. The molecule has 0 saturated carbocycles. The van der Waals surface area contributed by atoms with Crippen LogP contribution in [-0.2, 0) is 0 Å². The molecular formula is C9H16BrN3. The van der Waals surface area contributed by atoms with Crippen LogP contribution in [0, 0.1) is 13.8 Å². The minimum Gasteiger partial charge on any atom is -0.290 e. The van der Waals surface area contributed by atoms with E-state index in [0.717, 1.165) is 16.1 Å². The van der Waals surface area contributed by atoms with Gasteiger partial charge >= 0.3 is 0 Å². The Kier molecular flexibility index (Phi) is 5.62. The van der Waals surface area contributed by atoms with Gasteiger partial charge in [0, 0.05) is 10.7 Å². The van der Waals surface area contributed by atoms with Crippen LogP contribution < -0.4 is 0 Å². The fraction of sp³-hybridized carbons (Fsp3) is 0.556. The third kappa shape index (κ3) is 3.72. The number of hydrogen-bond acceptors (Lipinski definition) is 2. The van der Waals surface area contributed by atoms with Gasteiger partial charge in [0.1, 0.15) is 11.6 Å². The third-order valence-corrected chi connectivity index (χ3v) is 1.55. The second kappa shape index (κ2) is 5.91. The zero-order valence-corrected chi connectivity index (χ0v) is 10.4. The van der Waals surface area contributed by atoms with Crippen LogP contribution in [0.2, 0.25) is 0 Å². The molecule has 0 radical (unpaired) electrons. The van der Waals surface area contributed by atoms with Crippen molar-refractivity contribution in [3.8, 4) is 0 Å². The van der Waals surface area contributed by atoms with E-state index in [-0.39, 0.29) is 0 Å². The van der Waals surface area contributed by atoms with E-state index >= 15 is 0 Å². The zero-order chi connectivity index (χ0) is 10.4. The minimum atomic E-state index is 0.904. The van der Waals surface area contributed by atoms with Crippen molar-refractivity contribution in [2.75, 3.05) is 0 Å². The average Bonchev–Trinajstić information content (AvgIpc) is 2.39. The molecule has 3 nitrogen and oxygen atoms in total. The van der Waals surface area contributed by atoms with E-state index in [0.29, 0.717) is 0 Å². The SMILES string of the molecule is C/C(Br)=C\n1c(C)nnc1C.CC. The second-order valence-electron chi connectivity index (χ2n) is 2.38. The van der Waals surface area contributed by atoms with Crippen molar-refractivity contribution in [2.45, 2.75) is 34.6 Å². The molecule has 0 unspecified atom stereocenters. The van der Waals surface area contributed by atoms with E-state index in [1.165, 1.54) is 0 Å². The second-order valence-corrected chi connectivity index (χ2v) is 3.63. The average molecular weight is 246 g/mol. The quantitative estimate of drug-likeness (QED) is 0.762. The number of rotatable bonds is 1. The van der Waals surface area contributed by atoms with E-state index in [9.17, 15) is 0 Å². The van der Waals surface area contributed by atoms with Gasteiger partial charge in [-0.25, -0.2) is 0 Å². The molecule has 0 aliphatic heterocycles. The first-order valence-electron chi connectivity index (χ1n) is 4.33. The van der Waals surface area contributed by atoms with Crippen LogP contribution in [0.25, 0.3) is 6.20 Å². The Labute approximate surface area is 88.0 Å². The Balaban J connectivity index is 0.000000671. The molecular weight excluding hydrogens is 230 g/mol. The molecule has 0 saturated heterocycles. The van der Waals surface area contributed by atoms with Crippen LogP contribution in [0.4, 0.5) is 0 Å². The van der Waals surface area contributed by atoms with Gasteiger partial charge in [0.2, 0.25) is 0 Å². The van der Waals surface area contributed by atoms with Crippen molar-refractivity contribution in [3.05, 3.63) is 16.1 Å². The highest BCUT2D eigenvalue weighted by molar-refractivity contribution is 9.11. The van der Waals surface area contributed by atoms with Gasteiger partial charge in [-0.2, -0.15) is 0 Å². The largest absolute Gasteiger partial charge is 0.290 e. The zero-order valence-electron chi connectivity index (χ0n) is 8.80. The summed E-state index contributed by atoms with van der Waals surface area (Å²) in [6, 6.07) is 0. The maximum absolute atomic E-state index is 3.92. The first-order chi connectivity index (χ1) is 6.11. The molecule has 1 aromatic rings. The summed E-state index contributed by atoms with van der Waals surface area (Å²) in [6.07, 6.45) is 1.95. The third-order valence-electron chi connectivity index (χ3n) is 1.34. The van der Waals surface area contributed by atoms with Crippen molar-refractivity contribution >= 4 is 22.1 Å². The smallest absolute Gasteiger partial charge is 0.133 e. The normalized spacial score (nSPS) is 10.8. The van der Waals surface area contributed by atoms with Crippen LogP contribution in [0.5, 0.6) is 0 Å². The van der Waals surface area contributed by atoms with Crippen LogP contribution in [-0.4, -0.2) is 14.8 Å². The van der Waals surface area contributed by atoms with Gasteiger partial charge in [0.05, 0.1) is 0 Å². The molecule has 0 amide bonds. The van der Waals surface area contributed by atoms with Gasteiger partial charge in [-0.15, -0.1) is 10.2 Å². The fourth-order valence-corrected chi connectivity index (χ4v) is 1.04. The van der Waals surface area contributed by atoms with E-state index in [1.807, 2.05) is 45.4 Å². The predicted octanol–water partition coefficient (Wildman–Crippen LogP) is 3.13. The summed E-state index contributed by atoms with van der Waals surface area (Å²) in [6.45, 7) is 9.82. The predicted molar refractivity (Wildman–Crippen MR) is 59.7 cm³/mol. The summed E-state index contributed by atoms with van der Waals surface area (Å²) in [5.74, 6) is 1.81. The summed E-state index contributed by atoms with van der Waals surface area (Å²) in [5, 5.41) is 7.83. The molecule has 0 bridgehead atoms. The lowest BCUT2D eigenvalue weighted by molar-refractivity contribution is 0.991. The monoisotopic (exact) mass is 245 g/mol. The first kappa shape index (κ1) is 12.4. The molecule has 13 heavy (non-hydrogen) atoms. The highest BCUT2D eigenvalue weighted by Gasteiger charge is 1.99. The molecule has 0 fully saturated rings. The number of aromatic nitrogens is 3. The van der Waals surface area contributed by atoms with Gasteiger partial charge in [-0.05, 0) is 20.8 Å². The topological polar surface area (TPSA) is 30.7 Å². The molecule has 0 atom stereocenters. The Morgan fingerprint density at radius 2 is 1.62 bits per heavy atom. The van der Waals surface area contributed by atoms with Crippen LogP contribution in [0.15, 0.2) is 4.48 Å². The summed E-state index contributed by atoms with van der Waals surface area (Å²) >= 11 is 3.35. The summed E-state index contributed by atoms with van der Waals surface area (Å²) in [5.41, 5.74) is 0. The summed E-state index contributed by atoms with van der Waals surface area (Å²) in [4.78, 5) is 0. The number of aryl methyl sites for hydroxylation is 2. The summed E-state index contributed by atoms with van der Waals surface area (Å²) < 4.78 is 2.99. The van der Waals surface area contributed by atoms with Gasteiger partial charge in [0.25, 0.3) is 0 Å². The Hall–Kier alpha value is -0.640. The minimum absolute atomic E-state index is 0.904. The summed E-state index contributed by atoms with van der Waals surface area (Å²) in [7, 11) is 0. The van der Waals surface area contributed by atoms with Gasteiger partial charge in [-0.1, -0.05) is 29.8 Å². The van der Waals surface area contributed by atoms with Crippen LogP contribution >= 0.6 is 15.9 Å². The molecule has 4 heteroatoms. The molecule has 0 N–H and O–H groups in total. The molecule has 1 rings (SSSR count). The lowest BCUT2D eigenvalue weighted by atomic mass is 10.6. The molecule has 0 aromatic carbocycles. The number of nitrogens with zero attached hydrogens (tertiary/aromatic N) is 3. The molecule has 0 aliphatic rings. The van der Waals surface area contributed by atoms with E-state index in [2.05, 4.69) is 26.1 Å². The van der Waals surface area contributed by atoms with Crippen molar-refractivity contribution in [3.63, 3.8) is 0 Å². The van der Waals surface area contributed by atoms with E-state index in [4.69, 9.17) is 0 Å². The van der Waals surface area contributed by atoms with E-state index < -0.39 is 0 Å². The maximum Gasteiger partial charge on any atom is 0.133 e. The standard InChI is InChI=1S/C7H10BrN3.C2H6/c1-5(8)4-11-6(2)9-10-7(11)3;1-2/h4H,1-3H3;1-2H3/b5-4+;.